The molecule has 1 atom stereocenters. The van der Waals surface area contributed by atoms with Gasteiger partial charge in [-0.05, 0) is 42.7 Å². The number of guanidine groups is 1. The Balaban J connectivity index is 0.00000320. The number of hydrogen-bond acceptors (Lipinski definition) is 3. The minimum atomic E-state index is 0. The second kappa shape index (κ2) is 11.8. The molecule has 162 valence electrons. The molecule has 3 rings (SSSR count). The van der Waals surface area contributed by atoms with Crippen molar-refractivity contribution in [3.8, 4) is 5.75 Å². The van der Waals surface area contributed by atoms with Crippen LogP contribution in [0.1, 0.15) is 38.1 Å². The number of pyridine rings is 1. The zero-order valence-electron chi connectivity index (χ0n) is 18.1. The van der Waals surface area contributed by atoms with E-state index in [9.17, 15) is 0 Å². The van der Waals surface area contributed by atoms with Gasteiger partial charge < -0.3 is 19.8 Å². The summed E-state index contributed by atoms with van der Waals surface area (Å²) in [6.45, 7) is 7.91. The maximum Gasteiger partial charge on any atom is 0.191 e. The van der Waals surface area contributed by atoms with Gasteiger partial charge in [-0.2, -0.15) is 0 Å². The summed E-state index contributed by atoms with van der Waals surface area (Å²) in [6, 6.07) is 14.4. The van der Waals surface area contributed by atoms with E-state index >= 15 is 0 Å². The number of nitrogens with zero attached hydrogens (tertiary/aromatic N) is 3. The highest BCUT2D eigenvalue weighted by atomic mass is 127. The van der Waals surface area contributed by atoms with Crippen molar-refractivity contribution in [3.05, 3.63) is 66.1 Å². The lowest BCUT2D eigenvalue weighted by Crippen LogP contribution is -2.39. The van der Waals surface area contributed by atoms with Crippen LogP contribution in [0.25, 0.3) is 5.65 Å². The molecule has 2 N–H and O–H groups in total. The summed E-state index contributed by atoms with van der Waals surface area (Å²) in [7, 11) is 1.79. The van der Waals surface area contributed by atoms with Gasteiger partial charge in [-0.15, -0.1) is 24.0 Å². The van der Waals surface area contributed by atoms with Gasteiger partial charge in [0.1, 0.15) is 11.4 Å². The van der Waals surface area contributed by atoms with E-state index in [1.54, 1.807) is 7.05 Å². The molecule has 1 aromatic carbocycles. The van der Waals surface area contributed by atoms with Crippen molar-refractivity contribution >= 4 is 35.6 Å². The molecule has 0 fully saturated rings. The zero-order chi connectivity index (χ0) is 20.6. The van der Waals surface area contributed by atoms with Crippen LogP contribution in [0.5, 0.6) is 5.75 Å². The Kier molecular flexibility index (Phi) is 9.42. The molecule has 7 heteroatoms. The summed E-state index contributed by atoms with van der Waals surface area (Å²) < 4.78 is 7.80. The molecule has 30 heavy (non-hydrogen) atoms. The zero-order valence-corrected chi connectivity index (χ0v) is 20.5. The van der Waals surface area contributed by atoms with Crippen molar-refractivity contribution in [3.63, 3.8) is 0 Å². The molecule has 1 unspecified atom stereocenters. The van der Waals surface area contributed by atoms with Crippen LogP contribution >= 0.6 is 24.0 Å². The quantitative estimate of drug-likeness (QED) is 0.261. The highest BCUT2D eigenvalue weighted by Gasteiger charge is 2.09. The summed E-state index contributed by atoms with van der Waals surface area (Å²) in [5, 5.41) is 6.81. The van der Waals surface area contributed by atoms with Gasteiger partial charge in [-0.25, -0.2) is 4.98 Å². The number of halogens is 1. The fourth-order valence-corrected chi connectivity index (χ4v) is 3.02. The minimum Gasteiger partial charge on any atom is -0.493 e. The first-order chi connectivity index (χ1) is 14.0. The van der Waals surface area contributed by atoms with Gasteiger partial charge in [-0.1, -0.05) is 32.0 Å². The highest BCUT2D eigenvalue weighted by molar-refractivity contribution is 14.0. The van der Waals surface area contributed by atoms with Gasteiger partial charge in [0, 0.05) is 32.4 Å². The lowest BCUT2D eigenvalue weighted by atomic mass is 10.1. The van der Waals surface area contributed by atoms with E-state index in [1.807, 2.05) is 40.9 Å². The second-order valence-electron chi connectivity index (χ2n) is 7.59. The number of nitrogens with one attached hydrogen (secondary N) is 2. The molecule has 2 aromatic heterocycles. The van der Waals surface area contributed by atoms with Crippen LogP contribution in [0.15, 0.2) is 59.9 Å². The summed E-state index contributed by atoms with van der Waals surface area (Å²) in [4.78, 5) is 8.97. The second-order valence-corrected chi connectivity index (χ2v) is 7.59. The van der Waals surface area contributed by atoms with E-state index in [-0.39, 0.29) is 30.0 Å². The van der Waals surface area contributed by atoms with Crippen molar-refractivity contribution < 1.29 is 4.74 Å². The van der Waals surface area contributed by atoms with Gasteiger partial charge >= 0.3 is 0 Å². The number of fused-ring (bicyclic) bond motifs is 1. The average molecular weight is 521 g/mol. The molecular formula is C23H32IN5O. The Hall–Kier alpha value is -2.29. The summed E-state index contributed by atoms with van der Waals surface area (Å²) >= 11 is 0. The van der Waals surface area contributed by atoms with Crippen LogP contribution in [0.2, 0.25) is 0 Å². The van der Waals surface area contributed by atoms with Crippen LogP contribution in [0.3, 0.4) is 0 Å². The molecule has 0 aliphatic carbocycles. The number of ether oxygens (including phenoxy) is 1. The number of hydrogen-bond donors (Lipinski definition) is 2. The lowest BCUT2D eigenvalue weighted by Gasteiger charge is -2.18. The average Bonchev–Trinajstić information content (AvgIpc) is 3.14. The SMILES string of the molecule is CN=C(NCCc1cn2ccccc2n1)NC(C)c1ccc(OCC(C)C)cc1.I. The van der Waals surface area contributed by atoms with E-state index in [0.29, 0.717) is 5.92 Å². The number of aliphatic imine (C=N–C) groups is 1. The Labute approximate surface area is 196 Å². The molecule has 0 radical (unpaired) electrons. The Morgan fingerprint density at radius 1 is 1.13 bits per heavy atom. The Morgan fingerprint density at radius 2 is 1.90 bits per heavy atom. The maximum absolute atomic E-state index is 5.76. The molecule has 0 bridgehead atoms. The first-order valence-electron chi connectivity index (χ1n) is 10.2. The topological polar surface area (TPSA) is 63.0 Å². The van der Waals surface area contributed by atoms with Crippen molar-refractivity contribution in [2.24, 2.45) is 10.9 Å². The smallest absolute Gasteiger partial charge is 0.191 e. The molecule has 0 aliphatic heterocycles. The monoisotopic (exact) mass is 521 g/mol. The third kappa shape index (κ3) is 6.90. The molecule has 0 spiro atoms. The van der Waals surface area contributed by atoms with Crippen molar-refractivity contribution in [1.82, 2.24) is 20.0 Å². The summed E-state index contributed by atoms with van der Waals surface area (Å²) in [5.74, 6) is 2.20. The first-order valence-corrected chi connectivity index (χ1v) is 10.2. The van der Waals surface area contributed by atoms with E-state index in [1.165, 1.54) is 5.56 Å². The van der Waals surface area contributed by atoms with Gasteiger partial charge in [0.05, 0.1) is 18.3 Å². The Bertz CT molecular complexity index is 903. The predicted molar refractivity (Wildman–Crippen MR) is 134 cm³/mol. The maximum atomic E-state index is 5.76. The first kappa shape index (κ1) is 24.0. The van der Waals surface area contributed by atoms with Crippen molar-refractivity contribution in [2.75, 3.05) is 20.2 Å². The highest BCUT2D eigenvalue weighted by Crippen LogP contribution is 2.18. The van der Waals surface area contributed by atoms with Gasteiger partial charge in [-0.3, -0.25) is 4.99 Å². The molecule has 6 nitrogen and oxygen atoms in total. The number of imidazole rings is 1. The van der Waals surface area contributed by atoms with Gasteiger partial charge in [0.2, 0.25) is 0 Å². The number of aromatic nitrogens is 2. The van der Waals surface area contributed by atoms with Crippen molar-refractivity contribution in [1.29, 1.82) is 0 Å². The van der Waals surface area contributed by atoms with E-state index in [0.717, 1.165) is 42.6 Å². The van der Waals surface area contributed by atoms with Gasteiger partial charge in [0.15, 0.2) is 5.96 Å². The molecule has 0 saturated heterocycles. The van der Waals surface area contributed by atoms with Crippen LogP contribution in [0, 0.1) is 5.92 Å². The number of benzene rings is 1. The standard InChI is InChI=1S/C23H31N5O.HI/c1-17(2)16-29-21-10-8-19(9-11-21)18(3)26-23(24-4)25-13-12-20-15-28-14-6-5-7-22(28)27-20;/h5-11,14-15,17-18H,12-13,16H2,1-4H3,(H2,24,25,26);1H. The number of rotatable bonds is 8. The van der Waals surface area contributed by atoms with E-state index < -0.39 is 0 Å². The van der Waals surface area contributed by atoms with E-state index in [2.05, 4.69) is 59.7 Å². The minimum absolute atomic E-state index is 0. The summed E-state index contributed by atoms with van der Waals surface area (Å²) in [5.41, 5.74) is 3.22. The summed E-state index contributed by atoms with van der Waals surface area (Å²) in [6.07, 6.45) is 4.91. The fraction of sp³-hybridized carbons (Fsp3) is 0.391. The van der Waals surface area contributed by atoms with Crippen LogP contribution in [-0.2, 0) is 6.42 Å². The fourth-order valence-electron chi connectivity index (χ4n) is 3.02. The third-order valence-corrected chi connectivity index (χ3v) is 4.63. The Morgan fingerprint density at radius 3 is 2.57 bits per heavy atom. The third-order valence-electron chi connectivity index (χ3n) is 4.63. The molecule has 0 amide bonds. The predicted octanol–water partition coefficient (Wildman–Crippen LogP) is 4.46. The largest absolute Gasteiger partial charge is 0.493 e. The molecule has 2 heterocycles. The molecule has 0 saturated carbocycles. The van der Waals surface area contributed by atoms with E-state index in [4.69, 9.17) is 4.74 Å². The normalized spacial score (nSPS) is 12.5. The van der Waals surface area contributed by atoms with Crippen LogP contribution in [-0.4, -0.2) is 35.5 Å². The molecule has 3 aromatic rings. The lowest BCUT2D eigenvalue weighted by molar-refractivity contribution is 0.271. The van der Waals surface area contributed by atoms with Gasteiger partial charge in [0.25, 0.3) is 0 Å². The van der Waals surface area contributed by atoms with Crippen LogP contribution in [0.4, 0.5) is 0 Å². The molecule has 0 aliphatic rings. The molecular weight excluding hydrogens is 489 g/mol. The van der Waals surface area contributed by atoms with Crippen molar-refractivity contribution in [2.45, 2.75) is 33.2 Å². The van der Waals surface area contributed by atoms with Crippen LogP contribution < -0.4 is 15.4 Å².